The summed E-state index contributed by atoms with van der Waals surface area (Å²) in [4.78, 5) is 17.3. The Kier molecular flexibility index (Phi) is 5.14. The van der Waals surface area contributed by atoms with Crippen LogP contribution in [0.3, 0.4) is 0 Å². The largest absolute Gasteiger partial charge is 0.326 e. The van der Waals surface area contributed by atoms with Crippen molar-refractivity contribution >= 4 is 27.3 Å². The van der Waals surface area contributed by atoms with E-state index >= 15 is 0 Å². The maximum absolute atomic E-state index is 12.7. The summed E-state index contributed by atoms with van der Waals surface area (Å²) in [5.74, 6) is -0.254. The molecule has 1 amide bonds. The number of aromatic nitrogens is 2. The van der Waals surface area contributed by atoms with Crippen LogP contribution in [0.5, 0.6) is 0 Å². The number of fused-ring (bicyclic) bond motifs is 1. The number of aryl methyl sites for hydroxylation is 1. The van der Waals surface area contributed by atoms with Crippen LogP contribution < -0.4 is 5.32 Å². The van der Waals surface area contributed by atoms with Crippen molar-refractivity contribution in [2.24, 2.45) is 5.92 Å². The topological polar surface area (TPSA) is 83.8 Å². The maximum atomic E-state index is 12.7. The minimum Gasteiger partial charge on any atom is -0.326 e. The fraction of sp³-hybridized carbons (Fsp3) is 0.333. The van der Waals surface area contributed by atoms with E-state index in [1.807, 2.05) is 60.1 Å². The number of sulfonamides is 1. The molecule has 1 aliphatic heterocycles. The maximum Gasteiger partial charge on any atom is 0.227 e. The van der Waals surface area contributed by atoms with Crippen LogP contribution in [-0.2, 0) is 14.8 Å². The molecule has 152 valence electrons. The molecule has 0 bridgehead atoms. The highest BCUT2D eigenvalue weighted by Crippen LogP contribution is 2.25. The molecule has 1 fully saturated rings. The zero-order chi connectivity index (χ0) is 20.6. The summed E-state index contributed by atoms with van der Waals surface area (Å²) in [6, 6.07) is 11.7. The summed E-state index contributed by atoms with van der Waals surface area (Å²) < 4.78 is 26.7. The van der Waals surface area contributed by atoms with Crippen molar-refractivity contribution in [1.29, 1.82) is 0 Å². The summed E-state index contributed by atoms with van der Waals surface area (Å²) in [7, 11) is -3.19. The molecular formula is C21H24N4O3S. The average Bonchev–Trinajstić information content (AvgIpc) is 3.11. The normalized spacial score (nSPS) is 16.2. The van der Waals surface area contributed by atoms with Crippen LogP contribution in [0.15, 0.2) is 48.8 Å². The molecule has 0 aliphatic carbocycles. The molecule has 0 spiro atoms. The molecule has 0 saturated carbocycles. The smallest absolute Gasteiger partial charge is 0.227 e. The molecule has 0 radical (unpaired) electrons. The second-order valence-corrected chi connectivity index (χ2v) is 9.58. The van der Waals surface area contributed by atoms with Crippen molar-refractivity contribution in [2.45, 2.75) is 19.8 Å². The highest BCUT2D eigenvalue weighted by atomic mass is 32.2. The van der Waals surface area contributed by atoms with Crippen molar-refractivity contribution in [3.05, 3.63) is 54.4 Å². The molecule has 3 aromatic rings. The summed E-state index contributed by atoms with van der Waals surface area (Å²) in [5.41, 5.74) is 4.51. The van der Waals surface area contributed by atoms with Gasteiger partial charge in [0.05, 0.1) is 11.9 Å². The third kappa shape index (κ3) is 4.33. The average molecular weight is 413 g/mol. The van der Waals surface area contributed by atoms with E-state index in [4.69, 9.17) is 0 Å². The number of piperidine rings is 1. The molecule has 4 rings (SSSR count). The number of hydrogen-bond acceptors (Lipinski definition) is 4. The van der Waals surface area contributed by atoms with E-state index in [0.29, 0.717) is 31.6 Å². The minimum absolute atomic E-state index is 0.0686. The summed E-state index contributed by atoms with van der Waals surface area (Å²) >= 11 is 0. The van der Waals surface area contributed by atoms with Gasteiger partial charge in [0.25, 0.3) is 0 Å². The number of nitrogens with zero attached hydrogens (tertiary/aromatic N) is 3. The van der Waals surface area contributed by atoms with Gasteiger partial charge in [-0.15, -0.1) is 0 Å². The van der Waals surface area contributed by atoms with Crippen molar-refractivity contribution in [3.8, 4) is 11.3 Å². The van der Waals surface area contributed by atoms with Gasteiger partial charge in [0.1, 0.15) is 5.65 Å². The number of amides is 1. The van der Waals surface area contributed by atoms with E-state index in [1.54, 1.807) is 0 Å². The van der Waals surface area contributed by atoms with Gasteiger partial charge in [-0.2, -0.15) is 0 Å². The van der Waals surface area contributed by atoms with Crippen LogP contribution in [0.2, 0.25) is 0 Å². The van der Waals surface area contributed by atoms with Crippen molar-refractivity contribution in [1.82, 2.24) is 13.7 Å². The minimum atomic E-state index is -3.19. The quantitative estimate of drug-likeness (QED) is 0.714. The Morgan fingerprint density at radius 1 is 1.17 bits per heavy atom. The number of anilines is 1. The molecule has 8 heteroatoms. The number of carbonyl (C=O) groups is 1. The SMILES string of the molecule is Cc1ccn2cc(-c3cccc(NC(=O)C4CCN(S(C)(=O)=O)CC4)c3)nc2c1. The van der Waals surface area contributed by atoms with Crippen LogP contribution in [-0.4, -0.2) is 47.4 Å². The van der Waals surface area contributed by atoms with Crippen molar-refractivity contribution in [2.75, 3.05) is 24.7 Å². The van der Waals surface area contributed by atoms with Gasteiger partial charge in [-0.1, -0.05) is 12.1 Å². The predicted molar refractivity (Wildman–Crippen MR) is 113 cm³/mol. The number of rotatable bonds is 4. The summed E-state index contributed by atoms with van der Waals surface area (Å²) in [6.45, 7) is 2.81. The third-order valence-electron chi connectivity index (χ3n) is 5.34. The van der Waals surface area contributed by atoms with Gasteiger partial charge < -0.3 is 9.72 Å². The fourth-order valence-electron chi connectivity index (χ4n) is 3.67. The van der Waals surface area contributed by atoms with Crippen molar-refractivity contribution < 1.29 is 13.2 Å². The molecule has 1 aliphatic rings. The first-order chi connectivity index (χ1) is 13.8. The van der Waals surface area contributed by atoms with Gasteiger partial charge in [0.15, 0.2) is 0 Å². The number of benzene rings is 1. The first-order valence-electron chi connectivity index (χ1n) is 9.61. The lowest BCUT2D eigenvalue weighted by atomic mass is 9.97. The van der Waals surface area contributed by atoms with E-state index in [2.05, 4.69) is 10.3 Å². The molecular weight excluding hydrogens is 388 g/mol. The predicted octanol–water partition coefficient (Wildman–Crippen LogP) is 2.92. The van der Waals surface area contributed by atoms with Crippen LogP contribution in [0.1, 0.15) is 18.4 Å². The second-order valence-electron chi connectivity index (χ2n) is 7.60. The molecule has 0 atom stereocenters. The number of hydrogen-bond donors (Lipinski definition) is 1. The highest BCUT2D eigenvalue weighted by Gasteiger charge is 2.28. The molecule has 2 aromatic heterocycles. The second kappa shape index (κ2) is 7.61. The molecule has 29 heavy (non-hydrogen) atoms. The molecule has 7 nitrogen and oxygen atoms in total. The van der Waals surface area contributed by atoms with E-state index in [0.717, 1.165) is 22.5 Å². The lowest BCUT2D eigenvalue weighted by Gasteiger charge is -2.29. The van der Waals surface area contributed by atoms with Crippen LogP contribution in [0, 0.1) is 12.8 Å². The van der Waals surface area contributed by atoms with Gasteiger partial charge in [-0.05, 0) is 49.6 Å². The Labute approximate surface area is 170 Å². The van der Waals surface area contributed by atoms with E-state index in [9.17, 15) is 13.2 Å². The van der Waals surface area contributed by atoms with Gasteiger partial charge in [-0.25, -0.2) is 17.7 Å². The molecule has 1 N–H and O–H groups in total. The lowest BCUT2D eigenvalue weighted by Crippen LogP contribution is -2.40. The van der Waals surface area contributed by atoms with Gasteiger partial charge >= 0.3 is 0 Å². The number of nitrogens with one attached hydrogen (secondary N) is 1. The van der Waals surface area contributed by atoms with Crippen molar-refractivity contribution in [3.63, 3.8) is 0 Å². The number of carbonyl (C=O) groups excluding carboxylic acids is 1. The third-order valence-corrected chi connectivity index (χ3v) is 6.64. The molecule has 1 saturated heterocycles. The lowest BCUT2D eigenvalue weighted by molar-refractivity contribution is -0.120. The molecule has 3 heterocycles. The Morgan fingerprint density at radius 3 is 2.66 bits per heavy atom. The first-order valence-corrected chi connectivity index (χ1v) is 11.5. The summed E-state index contributed by atoms with van der Waals surface area (Å²) in [5, 5.41) is 2.98. The Balaban J connectivity index is 1.47. The van der Waals surface area contributed by atoms with E-state index < -0.39 is 10.0 Å². The Hall–Kier alpha value is -2.71. The van der Waals surface area contributed by atoms with E-state index in [-0.39, 0.29) is 11.8 Å². The Morgan fingerprint density at radius 2 is 1.93 bits per heavy atom. The Bertz CT molecular complexity index is 1160. The number of imidazole rings is 1. The zero-order valence-corrected chi connectivity index (χ0v) is 17.3. The zero-order valence-electron chi connectivity index (χ0n) is 16.5. The molecule has 1 aromatic carbocycles. The van der Waals surface area contributed by atoms with Gasteiger partial charge in [-0.3, -0.25) is 4.79 Å². The van der Waals surface area contributed by atoms with Crippen LogP contribution in [0.4, 0.5) is 5.69 Å². The van der Waals surface area contributed by atoms with E-state index in [1.165, 1.54) is 10.6 Å². The monoisotopic (exact) mass is 412 g/mol. The molecule has 0 unspecified atom stereocenters. The van der Waals surface area contributed by atoms with Crippen LogP contribution in [0.25, 0.3) is 16.9 Å². The standard InChI is InChI=1S/C21H24N4O3S/c1-15-6-9-24-14-19(23-20(24)12-15)17-4-3-5-18(13-17)22-21(26)16-7-10-25(11-8-16)29(2,27)28/h3-6,9,12-14,16H,7-8,10-11H2,1-2H3,(H,22,26). The van der Waals surface area contributed by atoms with Gasteiger partial charge in [0.2, 0.25) is 15.9 Å². The fourth-order valence-corrected chi connectivity index (χ4v) is 4.55. The van der Waals surface area contributed by atoms with Gasteiger partial charge in [0, 0.05) is 42.7 Å². The number of pyridine rings is 1. The highest BCUT2D eigenvalue weighted by molar-refractivity contribution is 7.88. The summed E-state index contributed by atoms with van der Waals surface area (Å²) in [6.07, 6.45) is 6.22. The first kappa shape index (κ1) is 19.6. The van der Waals surface area contributed by atoms with Crippen LogP contribution >= 0.6 is 0 Å².